The van der Waals surface area contributed by atoms with Crippen LogP contribution in [-0.2, 0) is 4.79 Å². The van der Waals surface area contributed by atoms with E-state index in [-0.39, 0.29) is 27.9 Å². The SMILES string of the molecule is O=C(Nc1ncnc(Cl)c1Cl)[C@@H]1CCCN1. The van der Waals surface area contributed by atoms with Crippen molar-refractivity contribution in [2.24, 2.45) is 0 Å². The van der Waals surface area contributed by atoms with Gasteiger partial charge in [-0.2, -0.15) is 0 Å². The van der Waals surface area contributed by atoms with E-state index in [9.17, 15) is 4.79 Å². The number of carbonyl (C=O) groups excluding carboxylic acids is 1. The first kappa shape index (κ1) is 11.6. The second kappa shape index (κ2) is 4.95. The molecule has 16 heavy (non-hydrogen) atoms. The highest BCUT2D eigenvalue weighted by Gasteiger charge is 2.23. The van der Waals surface area contributed by atoms with Gasteiger partial charge < -0.3 is 10.6 Å². The van der Waals surface area contributed by atoms with Gasteiger partial charge in [0, 0.05) is 0 Å². The van der Waals surface area contributed by atoms with E-state index in [0.717, 1.165) is 19.4 Å². The molecular weight excluding hydrogens is 251 g/mol. The minimum absolute atomic E-state index is 0.131. The Morgan fingerprint density at radius 3 is 3.00 bits per heavy atom. The van der Waals surface area contributed by atoms with Crippen LogP contribution in [0.25, 0.3) is 0 Å². The largest absolute Gasteiger partial charge is 0.308 e. The van der Waals surface area contributed by atoms with E-state index in [0.29, 0.717) is 0 Å². The van der Waals surface area contributed by atoms with Crippen molar-refractivity contribution < 1.29 is 4.79 Å². The second-order valence-electron chi connectivity index (χ2n) is 3.47. The molecule has 7 heteroatoms. The van der Waals surface area contributed by atoms with Crippen LogP contribution < -0.4 is 10.6 Å². The third kappa shape index (κ3) is 2.42. The maximum absolute atomic E-state index is 11.7. The maximum Gasteiger partial charge on any atom is 0.242 e. The summed E-state index contributed by atoms with van der Waals surface area (Å²) in [5, 5.41) is 6.00. The van der Waals surface area contributed by atoms with Crippen molar-refractivity contribution in [3.63, 3.8) is 0 Å². The molecule has 1 aromatic rings. The Morgan fingerprint density at radius 2 is 2.31 bits per heavy atom. The first-order valence-electron chi connectivity index (χ1n) is 4.88. The van der Waals surface area contributed by atoms with E-state index >= 15 is 0 Å². The van der Waals surface area contributed by atoms with Crippen molar-refractivity contribution >= 4 is 34.9 Å². The summed E-state index contributed by atoms with van der Waals surface area (Å²) in [5.74, 6) is 0.106. The van der Waals surface area contributed by atoms with Crippen LogP contribution in [0.2, 0.25) is 10.2 Å². The van der Waals surface area contributed by atoms with E-state index in [1.54, 1.807) is 0 Å². The van der Waals surface area contributed by atoms with E-state index in [4.69, 9.17) is 23.2 Å². The molecule has 86 valence electrons. The molecule has 0 saturated carbocycles. The molecule has 2 heterocycles. The first-order chi connectivity index (χ1) is 7.68. The summed E-state index contributed by atoms with van der Waals surface area (Å²) in [6.07, 6.45) is 3.07. The van der Waals surface area contributed by atoms with Gasteiger partial charge in [-0.15, -0.1) is 0 Å². The Bertz CT molecular complexity index is 406. The fourth-order valence-corrected chi connectivity index (χ4v) is 1.83. The van der Waals surface area contributed by atoms with Gasteiger partial charge in [0.25, 0.3) is 0 Å². The third-order valence-electron chi connectivity index (χ3n) is 2.37. The normalized spacial score (nSPS) is 19.8. The molecule has 1 aliphatic rings. The van der Waals surface area contributed by atoms with Crippen LogP contribution in [-0.4, -0.2) is 28.5 Å². The third-order valence-corrected chi connectivity index (χ3v) is 3.11. The first-order valence-corrected chi connectivity index (χ1v) is 5.64. The van der Waals surface area contributed by atoms with Crippen molar-refractivity contribution in [2.75, 3.05) is 11.9 Å². The molecule has 1 saturated heterocycles. The highest BCUT2D eigenvalue weighted by molar-refractivity contribution is 6.42. The molecule has 2 N–H and O–H groups in total. The van der Waals surface area contributed by atoms with Crippen LogP contribution in [0.15, 0.2) is 6.33 Å². The van der Waals surface area contributed by atoms with Crippen LogP contribution in [0.1, 0.15) is 12.8 Å². The van der Waals surface area contributed by atoms with Gasteiger partial charge in [-0.05, 0) is 19.4 Å². The summed E-state index contributed by atoms with van der Waals surface area (Å²) < 4.78 is 0. The molecule has 2 rings (SSSR count). The quantitative estimate of drug-likeness (QED) is 0.791. The van der Waals surface area contributed by atoms with Crippen molar-refractivity contribution in [1.82, 2.24) is 15.3 Å². The second-order valence-corrected chi connectivity index (χ2v) is 4.20. The van der Waals surface area contributed by atoms with Crippen molar-refractivity contribution in [2.45, 2.75) is 18.9 Å². The summed E-state index contributed by atoms with van der Waals surface area (Å²) in [6.45, 7) is 0.857. The standard InChI is InChI=1S/C9H10Cl2N4O/c10-6-7(11)13-4-14-8(6)15-9(16)5-2-1-3-12-5/h4-5,12H,1-3H2,(H,13,14,15,16)/t5-/m0/s1. The van der Waals surface area contributed by atoms with Gasteiger partial charge >= 0.3 is 0 Å². The van der Waals surface area contributed by atoms with Gasteiger partial charge in [-0.25, -0.2) is 9.97 Å². The Kier molecular flexibility index (Phi) is 3.58. The van der Waals surface area contributed by atoms with Crippen LogP contribution >= 0.6 is 23.2 Å². The van der Waals surface area contributed by atoms with Crippen molar-refractivity contribution in [3.8, 4) is 0 Å². The maximum atomic E-state index is 11.7. The molecule has 5 nitrogen and oxygen atoms in total. The highest BCUT2D eigenvalue weighted by Crippen LogP contribution is 2.25. The molecule has 1 aromatic heterocycles. The number of amides is 1. The van der Waals surface area contributed by atoms with Crippen molar-refractivity contribution in [3.05, 3.63) is 16.5 Å². The van der Waals surface area contributed by atoms with Crippen LogP contribution in [0, 0.1) is 0 Å². The molecule has 0 bridgehead atoms. The van der Waals surface area contributed by atoms with Gasteiger partial charge in [-0.3, -0.25) is 4.79 Å². The monoisotopic (exact) mass is 260 g/mol. The summed E-state index contributed by atoms with van der Waals surface area (Å²) in [4.78, 5) is 19.3. The Morgan fingerprint density at radius 1 is 1.50 bits per heavy atom. The minimum atomic E-state index is -0.176. The Hall–Kier alpha value is -0.910. The van der Waals surface area contributed by atoms with E-state index in [2.05, 4.69) is 20.6 Å². The van der Waals surface area contributed by atoms with Gasteiger partial charge in [0.2, 0.25) is 5.91 Å². The number of anilines is 1. The van der Waals surface area contributed by atoms with Gasteiger partial charge in [0.15, 0.2) is 11.0 Å². The number of hydrogen-bond acceptors (Lipinski definition) is 4. The van der Waals surface area contributed by atoms with Gasteiger partial charge in [0.05, 0.1) is 6.04 Å². The summed E-state index contributed by atoms with van der Waals surface area (Å²) in [5.41, 5.74) is 0. The lowest BCUT2D eigenvalue weighted by atomic mass is 10.2. The lowest BCUT2D eigenvalue weighted by Gasteiger charge is -2.11. The molecule has 0 radical (unpaired) electrons. The molecule has 0 aliphatic carbocycles. The molecular formula is C9H10Cl2N4O. The zero-order valence-corrected chi connectivity index (χ0v) is 9.85. The average Bonchev–Trinajstić information content (AvgIpc) is 2.78. The summed E-state index contributed by atoms with van der Waals surface area (Å²) in [6, 6.07) is -0.176. The zero-order chi connectivity index (χ0) is 11.5. The number of halogens is 2. The summed E-state index contributed by atoms with van der Waals surface area (Å²) >= 11 is 11.6. The number of rotatable bonds is 2. The van der Waals surface area contributed by atoms with Crippen LogP contribution in [0.3, 0.4) is 0 Å². The number of nitrogens with zero attached hydrogens (tertiary/aromatic N) is 2. The molecule has 0 spiro atoms. The fraction of sp³-hybridized carbons (Fsp3) is 0.444. The molecule has 0 unspecified atom stereocenters. The Balaban J connectivity index is 2.08. The highest BCUT2D eigenvalue weighted by atomic mass is 35.5. The van der Waals surface area contributed by atoms with E-state index in [1.807, 2.05) is 0 Å². The number of hydrogen-bond donors (Lipinski definition) is 2. The molecule has 1 atom stereocenters. The van der Waals surface area contributed by atoms with E-state index in [1.165, 1.54) is 6.33 Å². The fourth-order valence-electron chi connectivity index (χ4n) is 1.55. The molecule has 1 fully saturated rings. The van der Waals surface area contributed by atoms with Gasteiger partial charge in [0.1, 0.15) is 11.3 Å². The number of aromatic nitrogens is 2. The number of nitrogens with one attached hydrogen (secondary N) is 2. The molecule has 1 amide bonds. The minimum Gasteiger partial charge on any atom is -0.308 e. The van der Waals surface area contributed by atoms with Crippen LogP contribution in [0.5, 0.6) is 0 Å². The smallest absolute Gasteiger partial charge is 0.242 e. The molecule has 0 aromatic carbocycles. The van der Waals surface area contributed by atoms with Crippen molar-refractivity contribution in [1.29, 1.82) is 0 Å². The lowest BCUT2D eigenvalue weighted by Crippen LogP contribution is -2.35. The zero-order valence-electron chi connectivity index (χ0n) is 8.33. The lowest BCUT2D eigenvalue weighted by molar-refractivity contribution is -0.117. The Labute approximate surface area is 103 Å². The molecule has 1 aliphatic heterocycles. The van der Waals surface area contributed by atoms with Gasteiger partial charge in [-0.1, -0.05) is 23.2 Å². The predicted octanol–water partition coefficient (Wildman–Crippen LogP) is 1.47. The predicted molar refractivity (Wildman–Crippen MR) is 61.7 cm³/mol. The average molecular weight is 261 g/mol. The number of carbonyl (C=O) groups is 1. The summed E-state index contributed by atoms with van der Waals surface area (Å²) in [7, 11) is 0. The van der Waals surface area contributed by atoms with E-state index < -0.39 is 0 Å². The topological polar surface area (TPSA) is 66.9 Å². The van der Waals surface area contributed by atoms with Crippen LogP contribution in [0.4, 0.5) is 5.82 Å².